The van der Waals surface area contributed by atoms with E-state index in [0.29, 0.717) is 40.0 Å². The molecule has 0 fully saturated rings. The first-order chi connectivity index (χ1) is 16.1. The molecule has 2 aromatic carbocycles. The third-order valence-electron chi connectivity index (χ3n) is 5.10. The smallest absolute Gasteiger partial charge is 0.255 e. The number of amides is 1. The first-order valence-corrected chi connectivity index (χ1v) is 12.2. The number of nitrogens with one attached hydrogen (secondary N) is 3. The maximum atomic E-state index is 12.2. The summed E-state index contributed by atoms with van der Waals surface area (Å²) in [7, 11) is 0.0615. The maximum absolute atomic E-state index is 12.2. The van der Waals surface area contributed by atoms with Gasteiger partial charge < -0.3 is 20.0 Å². The highest BCUT2D eigenvalue weighted by atomic mass is 32.2. The quantitative estimate of drug-likeness (QED) is 0.364. The Labute approximate surface area is 197 Å². The number of furan rings is 1. The highest BCUT2D eigenvalue weighted by Crippen LogP contribution is 2.31. The molecule has 2 aromatic heterocycles. The Balaban J connectivity index is 1.59. The molecule has 0 radical (unpaired) electrons. The summed E-state index contributed by atoms with van der Waals surface area (Å²) in [6.45, 7) is 1.76. The van der Waals surface area contributed by atoms with Crippen LogP contribution in [0.1, 0.15) is 16.1 Å². The number of hydrogen-bond acceptors (Lipinski definition) is 8. The number of hydrogen-bond donors (Lipinski definition) is 3. The Hall–Kier alpha value is -4.12. The van der Waals surface area contributed by atoms with Crippen LogP contribution in [0.2, 0.25) is 0 Å². The number of anilines is 5. The van der Waals surface area contributed by atoms with Gasteiger partial charge in [0.05, 0.1) is 17.5 Å². The zero-order valence-electron chi connectivity index (χ0n) is 19.1. The molecule has 0 saturated carbocycles. The van der Waals surface area contributed by atoms with E-state index < -0.39 is 10.0 Å². The van der Waals surface area contributed by atoms with Crippen LogP contribution in [-0.4, -0.2) is 44.6 Å². The van der Waals surface area contributed by atoms with Gasteiger partial charge in [0, 0.05) is 43.1 Å². The number of rotatable bonds is 7. The normalized spacial score (nSPS) is 11.3. The maximum Gasteiger partial charge on any atom is 0.255 e. The molecular weight excluding hydrogens is 456 g/mol. The fourth-order valence-corrected chi connectivity index (χ4v) is 4.11. The van der Waals surface area contributed by atoms with E-state index in [1.807, 2.05) is 30.1 Å². The van der Waals surface area contributed by atoms with Gasteiger partial charge in [-0.05, 0) is 43.3 Å². The Kier molecular flexibility index (Phi) is 6.12. The summed E-state index contributed by atoms with van der Waals surface area (Å²) in [5, 5.41) is 6.46. The molecule has 0 aliphatic rings. The number of aromatic nitrogens is 2. The fraction of sp³-hybridized carbons (Fsp3) is 0.174. The van der Waals surface area contributed by atoms with Crippen molar-refractivity contribution in [3.05, 3.63) is 66.1 Å². The van der Waals surface area contributed by atoms with Crippen molar-refractivity contribution >= 4 is 55.7 Å². The largest absolute Gasteiger partial charge is 0.460 e. The third kappa shape index (κ3) is 4.94. The van der Waals surface area contributed by atoms with Crippen LogP contribution in [0.4, 0.5) is 28.8 Å². The van der Waals surface area contributed by atoms with Crippen molar-refractivity contribution in [2.45, 2.75) is 6.92 Å². The summed E-state index contributed by atoms with van der Waals surface area (Å²) in [6.07, 6.45) is 2.72. The molecule has 1 amide bonds. The van der Waals surface area contributed by atoms with Crippen LogP contribution < -0.4 is 20.3 Å². The lowest BCUT2D eigenvalue weighted by atomic mass is 10.1. The van der Waals surface area contributed by atoms with Crippen LogP contribution in [0.3, 0.4) is 0 Å². The van der Waals surface area contributed by atoms with Gasteiger partial charge in [-0.1, -0.05) is 6.07 Å². The van der Waals surface area contributed by atoms with Crippen molar-refractivity contribution in [1.29, 1.82) is 0 Å². The van der Waals surface area contributed by atoms with Gasteiger partial charge in [0.15, 0.2) is 0 Å². The second kappa shape index (κ2) is 9.02. The van der Waals surface area contributed by atoms with Gasteiger partial charge in [-0.2, -0.15) is 4.98 Å². The average molecular weight is 481 g/mol. The molecule has 4 rings (SSSR count). The minimum atomic E-state index is -3.38. The van der Waals surface area contributed by atoms with Crippen molar-refractivity contribution in [1.82, 2.24) is 15.3 Å². The van der Waals surface area contributed by atoms with Gasteiger partial charge in [-0.25, -0.2) is 13.4 Å². The van der Waals surface area contributed by atoms with E-state index in [2.05, 4.69) is 25.3 Å². The predicted octanol–water partition coefficient (Wildman–Crippen LogP) is 3.77. The van der Waals surface area contributed by atoms with Crippen LogP contribution in [0.5, 0.6) is 0 Å². The number of nitrogens with zero attached hydrogens (tertiary/aromatic N) is 3. The van der Waals surface area contributed by atoms with E-state index in [1.54, 1.807) is 50.5 Å². The summed E-state index contributed by atoms with van der Waals surface area (Å²) >= 11 is 0. The van der Waals surface area contributed by atoms with Crippen LogP contribution in [-0.2, 0) is 10.0 Å². The lowest BCUT2D eigenvalue weighted by molar-refractivity contribution is 0.0963. The SMILES string of the molecule is CNC(=O)c1c(C)oc2cc(N(C)c3ccnc(Nc4cccc(NS(C)(=O)=O)c4)n3)ccc12. The van der Waals surface area contributed by atoms with Crippen LogP contribution >= 0.6 is 0 Å². The Bertz CT molecular complexity index is 1480. The molecule has 0 aliphatic carbocycles. The molecule has 0 spiro atoms. The summed E-state index contributed by atoms with van der Waals surface area (Å²) in [4.78, 5) is 22.9. The fourth-order valence-electron chi connectivity index (χ4n) is 3.56. The number of benzene rings is 2. The second-order valence-corrected chi connectivity index (χ2v) is 9.42. The molecule has 176 valence electrons. The molecule has 0 unspecified atom stereocenters. The summed E-state index contributed by atoms with van der Waals surface area (Å²) < 4.78 is 31.2. The number of aryl methyl sites for hydroxylation is 1. The van der Waals surface area contributed by atoms with Gasteiger partial charge in [0.2, 0.25) is 16.0 Å². The van der Waals surface area contributed by atoms with Crippen molar-refractivity contribution in [2.75, 3.05) is 35.3 Å². The van der Waals surface area contributed by atoms with Crippen LogP contribution in [0.15, 0.2) is 59.1 Å². The number of carbonyl (C=O) groups is 1. The van der Waals surface area contributed by atoms with E-state index in [1.165, 1.54) is 0 Å². The van der Waals surface area contributed by atoms with E-state index in [0.717, 1.165) is 17.3 Å². The zero-order valence-corrected chi connectivity index (χ0v) is 19.9. The van der Waals surface area contributed by atoms with Crippen LogP contribution in [0, 0.1) is 6.92 Å². The van der Waals surface area contributed by atoms with Crippen molar-refractivity contribution in [3.63, 3.8) is 0 Å². The summed E-state index contributed by atoms with van der Waals surface area (Å²) in [5.74, 6) is 1.32. The van der Waals surface area contributed by atoms with E-state index >= 15 is 0 Å². The second-order valence-electron chi connectivity index (χ2n) is 7.67. The van der Waals surface area contributed by atoms with Gasteiger partial charge in [-0.15, -0.1) is 0 Å². The minimum absolute atomic E-state index is 0.195. The highest BCUT2D eigenvalue weighted by Gasteiger charge is 2.18. The predicted molar refractivity (Wildman–Crippen MR) is 133 cm³/mol. The molecule has 2 heterocycles. The number of sulfonamides is 1. The molecule has 3 N–H and O–H groups in total. The molecule has 4 aromatic rings. The van der Waals surface area contributed by atoms with Gasteiger partial charge in [-0.3, -0.25) is 9.52 Å². The minimum Gasteiger partial charge on any atom is -0.460 e. The molecule has 11 heteroatoms. The van der Waals surface area contributed by atoms with Crippen molar-refractivity contribution < 1.29 is 17.6 Å². The Morgan fingerprint density at radius 2 is 1.85 bits per heavy atom. The molecular formula is C23H24N6O4S. The highest BCUT2D eigenvalue weighted by molar-refractivity contribution is 7.92. The number of carbonyl (C=O) groups excluding carboxylic acids is 1. The molecule has 0 saturated heterocycles. The van der Waals surface area contributed by atoms with Gasteiger partial charge in [0.25, 0.3) is 5.91 Å². The monoisotopic (exact) mass is 480 g/mol. The number of fused-ring (bicyclic) bond motifs is 1. The topological polar surface area (TPSA) is 129 Å². The van der Waals surface area contributed by atoms with Gasteiger partial charge >= 0.3 is 0 Å². The molecule has 10 nitrogen and oxygen atoms in total. The van der Waals surface area contributed by atoms with E-state index in [4.69, 9.17) is 4.42 Å². The van der Waals surface area contributed by atoms with Crippen molar-refractivity contribution in [2.24, 2.45) is 0 Å². The van der Waals surface area contributed by atoms with Crippen molar-refractivity contribution in [3.8, 4) is 0 Å². The zero-order chi connectivity index (χ0) is 24.5. The van der Waals surface area contributed by atoms with Gasteiger partial charge in [0.1, 0.15) is 17.2 Å². The molecule has 0 aliphatic heterocycles. The molecule has 34 heavy (non-hydrogen) atoms. The summed E-state index contributed by atoms with van der Waals surface area (Å²) in [5.41, 5.74) is 2.99. The van der Waals surface area contributed by atoms with Crippen LogP contribution in [0.25, 0.3) is 11.0 Å². The lowest BCUT2D eigenvalue weighted by Crippen LogP contribution is -2.18. The first-order valence-electron chi connectivity index (χ1n) is 10.3. The lowest BCUT2D eigenvalue weighted by Gasteiger charge is -2.19. The first kappa shape index (κ1) is 23.1. The molecule has 0 bridgehead atoms. The molecule has 0 atom stereocenters. The standard InChI is InChI=1S/C23H24N6O4S/c1-14-21(22(30)24-2)18-9-8-17(13-19(18)33-14)29(3)20-10-11-25-23(27-20)26-15-6-5-7-16(12-15)28-34(4,31)32/h5-13,28H,1-4H3,(H,24,30)(H,25,26,27). The van der Waals surface area contributed by atoms with E-state index in [9.17, 15) is 13.2 Å². The Morgan fingerprint density at radius 3 is 2.59 bits per heavy atom. The van der Waals surface area contributed by atoms with E-state index in [-0.39, 0.29) is 5.91 Å². The summed E-state index contributed by atoms with van der Waals surface area (Å²) in [6, 6.07) is 14.2. The Morgan fingerprint density at radius 1 is 1.09 bits per heavy atom. The average Bonchev–Trinajstić information content (AvgIpc) is 3.12. The third-order valence-corrected chi connectivity index (χ3v) is 5.70.